The number of aliphatic hydroxyl groups is 1. The van der Waals surface area contributed by atoms with Gasteiger partial charge in [0.2, 0.25) is 19.7 Å². The standard InChI is InChI=1S/C22H18ClN3O3S.C22H18FN3O4S.C6H6N2O/c1-15-10-18(23)12-20(11-15)30(28,29)19-5-2-16(3-6-19)13-25-22(27)17-4-7-21-24-8-9-26(21)14-17;23-17-4-3-15(13-27)21(10-17)31(29,30)18-5-1-14(2-6-18)11-25-22(28)20-9-16-12-24-8-7-19(16)26-20;7-6(9)5-3-1-2-4-8-5/h2-12,14H,13H2,1H3,(H,25,27);1-10,12,26-27H,11,13H2,(H,25,28);1-4H,(H2,7,9). The second-order valence-electron chi connectivity index (χ2n) is 15.4. The lowest BCUT2D eigenvalue weighted by atomic mass is 10.2. The minimum absolute atomic E-state index is 0.0361. The molecular formula is C50H42ClFN8O8S2. The van der Waals surface area contributed by atoms with Gasteiger partial charge in [-0.25, -0.2) is 26.2 Å². The van der Waals surface area contributed by atoms with E-state index in [1.807, 2.05) is 0 Å². The van der Waals surface area contributed by atoms with Crippen LogP contribution in [0.25, 0.3) is 16.6 Å². The molecule has 0 radical (unpaired) electrons. The fourth-order valence-corrected chi connectivity index (χ4v) is 10.1. The minimum atomic E-state index is -4.01. The summed E-state index contributed by atoms with van der Waals surface area (Å²) in [7, 11) is -7.68. The Balaban J connectivity index is 0.000000175. The van der Waals surface area contributed by atoms with Crippen LogP contribution in [0.2, 0.25) is 5.02 Å². The molecule has 16 nitrogen and oxygen atoms in total. The highest BCUT2D eigenvalue weighted by molar-refractivity contribution is 7.91. The predicted octanol–water partition coefficient (Wildman–Crippen LogP) is 7.20. The average molecular weight is 1000 g/mol. The number of nitrogens with two attached hydrogens (primary N) is 1. The number of rotatable bonds is 12. The van der Waals surface area contributed by atoms with Gasteiger partial charge in [0.05, 0.1) is 31.8 Å². The summed E-state index contributed by atoms with van der Waals surface area (Å²) in [4.78, 5) is 50.0. The highest BCUT2D eigenvalue weighted by Crippen LogP contribution is 2.27. The molecule has 5 aromatic heterocycles. The zero-order valence-electron chi connectivity index (χ0n) is 37.0. The van der Waals surface area contributed by atoms with Gasteiger partial charge < -0.3 is 30.9 Å². The molecule has 5 heterocycles. The maximum Gasteiger partial charge on any atom is 0.267 e. The summed E-state index contributed by atoms with van der Waals surface area (Å²) in [6, 6.07) is 32.3. The second-order valence-corrected chi connectivity index (χ2v) is 19.7. The Morgan fingerprint density at radius 3 is 2.04 bits per heavy atom. The lowest BCUT2D eigenvalue weighted by molar-refractivity contribution is 0.0940. The lowest BCUT2D eigenvalue weighted by Crippen LogP contribution is -2.23. The quantitative estimate of drug-likeness (QED) is 0.0819. The highest BCUT2D eigenvalue weighted by atomic mass is 35.5. The number of imidazole rings is 1. The number of aliphatic hydroxyl groups excluding tert-OH is 1. The normalized spacial score (nSPS) is 11.2. The molecule has 70 heavy (non-hydrogen) atoms. The van der Waals surface area contributed by atoms with Gasteiger partial charge >= 0.3 is 0 Å². The highest BCUT2D eigenvalue weighted by Gasteiger charge is 2.23. The van der Waals surface area contributed by atoms with E-state index in [-0.39, 0.29) is 50.0 Å². The topological polar surface area (TPSA) is 249 Å². The van der Waals surface area contributed by atoms with Crippen molar-refractivity contribution in [3.8, 4) is 0 Å². The Labute approximate surface area is 405 Å². The maximum absolute atomic E-state index is 13.6. The number of aryl methyl sites for hydroxylation is 1. The first-order valence-electron chi connectivity index (χ1n) is 21.0. The molecule has 0 aliphatic rings. The molecule has 356 valence electrons. The molecule has 0 saturated heterocycles. The summed E-state index contributed by atoms with van der Waals surface area (Å²) in [5.74, 6) is -1.73. The molecule has 0 fully saturated rings. The van der Waals surface area contributed by atoms with Gasteiger partial charge in [-0.2, -0.15) is 0 Å². The summed E-state index contributed by atoms with van der Waals surface area (Å²) in [6.45, 7) is 1.73. The van der Waals surface area contributed by atoms with Crippen molar-refractivity contribution in [1.82, 2.24) is 35.0 Å². The fraction of sp³-hybridized carbons (Fsp3) is 0.0800. The Morgan fingerprint density at radius 2 is 1.43 bits per heavy atom. The first-order valence-corrected chi connectivity index (χ1v) is 24.3. The molecule has 9 rings (SSSR count). The van der Waals surface area contributed by atoms with Gasteiger partial charge in [0, 0.05) is 66.2 Å². The number of nitrogens with one attached hydrogen (secondary N) is 3. The smallest absolute Gasteiger partial charge is 0.267 e. The van der Waals surface area contributed by atoms with Crippen molar-refractivity contribution in [3.63, 3.8) is 0 Å². The van der Waals surface area contributed by atoms with E-state index in [0.717, 1.165) is 39.8 Å². The number of aromatic amines is 1. The first kappa shape index (κ1) is 49.8. The van der Waals surface area contributed by atoms with E-state index in [9.17, 15) is 40.7 Å². The average Bonchev–Trinajstić information content (AvgIpc) is 4.03. The molecule has 0 aliphatic heterocycles. The number of sulfone groups is 2. The molecule has 20 heteroatoms. The molecule has 0 atom stereocenters. The number of hydrogen-bond donors (Lipinski definition) is 5. The van der Waals surface area contributed by atoms with Crippen molar-refractivity contribution in [2.24, 2.45) is 5.73 Å². The van der Waals surface area contributed by atoms with Gasteiger partial charge in [0.15, 0.2) is 0 Å². The van der Waals surface area contributed by atoms with Crippen molar-refractivity contribution < 1.29 is 40.7 Å². The van der Waals surface area contributed by atoms with Crippen LogP contribution < -0.4 is 16.4 Å². The Bertz CT molecular complexity index is 3520. The van der Waals surface area contributed by atoms with Crippen molar-refractivity contribution in [1.29, 1.82) is 0 Å². The van der Waals surface area contributed by atoms with Gasteiger partial charge in [0.25, 0.3) is 17.7 Å². The molecule has 6 N–H and O–H groups in total. The van der Waals surface area contributed by atoms with E-state index in [1.165, 1.54) is 42.6 Å². The van der Waals surface area contributed by atoms with Crippen molar-refractivity contribution >= 4 is 65.5 Å². The van der Waals surface area contributed by atoms with E-state index < -0.39 is 38.0 Å². The number of carbonyl (C=O) groups is 3. The number of benzene rings is 4. The van der Waals surface area contributed by atoms with Crippen LogP contribution in [-0.2, 0) is 39.4 Å². The Morgan fingerprint density at radius 1 is 0.743 bits per heavy atom. The van der Waals surface area contributed by atoms with Crippen molar-refractivity contribution in [2.45, 2.75) is 46.2 Å². The van der Waals surface area contributed by atoms with Crippen LogP contribution in [0.5, 0.6) is 0 Å². The summed E-state index contributed by atoms with van der Waals surface area (Å²) < 4.78 is 66.8. The molecule has 0 spiro atoms. The summed E-state index contributed by atoms with van der Waals surface area (Å²) in [6.07, 6.45) is 9.95. The Hall–Kier alpha value is -8.10. The van der Waals surface area contributed by atoms with Crippen molar-refractivity contribution in [3.05, 3.63) is 215 Å². The molecule has 0 unspecified atom stereocenters. The molecule has 0 bridgehead atoms. The van der Waals surface area contributed by atoms with Crippen LogP contribution in [0.3, 0.4) is 0 Å². The summed E-state index contributed by atoms with van der Waals surface area (Å²) in [5.41, 5.74) is 10.0. The number of carbonyl (C=O) groups excluding carboxylic acids is 3. The number of halogens is 2. The van der Waals surface area contributed by atoms with E-state index >= 15 is 0 Å². The van der Waals surface area contributed by atoms with Gasteiger partial charge in [0.1, 0.15) is 22.9 Å². The Kier molecular flexibility index (Phi) is 15.6. The van der Waals surface area contributed by atoms with Crippen molar-refractivity contribution in [2.75, 3.05) is 0 Å². The van der Waals surface area contributed by atoms with E-state index in [2.05, 4.69) is 30.6 Å². The number of aromatic nitrogens is 5. The third-order valence-corrected chi connectivity index (χ3v) is 14.2. The maximum atomic E-state index is 13.6. The van der Waals surface area contributed by atoms with Crippen LogP contribution in [0.4, 0.5) is 4.39 Å². The minimum Gasteiger partial charge on any atom is -0.392 e. The second kappa shape index (κ2) is 21.9. The molecule has 0 saturated carbocycles. The number of H-pyrrole nitrogens is 1. The van der Waals surface area contributed by atoms with Crippen LogP contribution in [0.1, 0.15) is 53.6 Å². The number of fused-ring (bicyclic) bond motifs is 2. The number of pyridine rings is 3. The predicted molar refractivity (Wildman–Crippen MR) is 259 cm³/mol. The zero-order chi connectivity index (χ0) is 50.0. The zero-order valence-corrected chi connectivity index (χ0v) is 39.3. The molecule has 9 aromatic rings. The summed E-state index contributed by atoms with van der Waals surface area (Å²) >= 11 is 6.01. The van der Waals surface area contributed by atoms with Gasteiger partial charge in [-0.3, -0.25) is 24.4 Å². The van der Waals surface area contributed by atoms with E-state index in [0.29, 0.717) is 27.5 Å². The van der Waals surface area contributed by atoms with Gasteiger partial charge in [-0.15, -0.1) is 0 Å². The number of nitrogens with zero attached hydrogens (tertiary/aromatic N) is 4. The molecule has 0 aliphatic carbocycles. The molecular weight excluding hydrogens is 959 g/mol. The largest absolute Gasteiger partial charge is 0.392 e. The van der Waals surface area contributed by atoms with Crippen LogP contribution >= 0.6 is 11.6 Å². The van der Waals surface area contributed by atoms with E-state index in [1.54, 1.807) is 121 Å². The number of amides is 3. The molecule has 4 aromatic carbocycles. The number of hydrogen-bond acceptors (Lipinski definition) is 11. The first-order chi connectivity index (χ1) is 33.5. The van der Waals surface area contributed by atoms with E-state index in [4.69, 9.17) is 17.3 Å². The van der Waals surface area contributed by atoms with Gasteiger partial charge in [-0.1, -0.05) is 48.0 Å². The molecule has 3 amide bonds. The summed E-state index contributed by atoms with van der Waals surface area (Å²) in [5, 5.41) is 16.2. The third kappa shape index (κ3) is 12.1. The van der Waals surface area contributed by atoms with Gasteiger partial charge in [-0.05, 0) is 120 Å². The van der Waals surface area contributed by atoms with Crippen LogP contribution in [0.15, 0.2) is 184 Å². The van der Waals surface area contributed by atoms with Crippen LogP contribution in [0, 0.1) is 12.7 Å². The van der Waals surface area contributed by atoms with Crippen LogP contribution in [-0.4, -0.2) is 64.0 Å². The SMILES string of the molecule is Cc1cc(Cl)cc(S(=O)(=O)c2ccc(CNC(=O)c3ccc4nccn4c3)cc2)c1.NC(=O)c1ccccn1.O=C(NCc1ccc(S(=O)(=O)c2cc(F)ccc2CO)cc1)c1cc2cnccc2[nH]1. The lowest BCUT2D eigenvalue weighted by Gasteiger charge is -2.10. The monoisotopic (exact) mass is 1000 g/mol. The third-order valence-electron chi connectivity index (χ3n) is 10.4. The fourth-order valence-electron chi connectivity index (χ4n) is 6.82. The number of primary amides is 1.